The lowest BCUT2D eigenvalue weighted by Gasteiger charge is -2.20. The number of fused-ring (bicyclic) bond motifs is 1. The molecule has 1 unspecified atom stereocenters. The Morgan fingerprint density at radius 2 is 1.71 bits per heavy atom. The predicted molar refractivity (Wildman–Crippen MR) is 137 cm³/mol. The maximum atomic E-state index is 13.4. The van der Waals surface area contributed by atoms with Gasteiger partial charge in [-0.2, -0.15) is 0 Å². The van der Waals surface area contributed by atoms with Crippen molar-refractivity contribution in [3.8, 4) is 11.3 Å². The van der Waals surface area contributed by atoms with Crippen LogP contribution in [-0.2, 0) is 0 Å². The van der Waals surface area contributed by atoms with Crippen molar-refractivity contribution in [2.45, 2.75) is 46.6 Å². The van der Waals surface area contributed by atoms with Crippen LogP contribution in [0.3, 0.4) is 0 Å². The first-order chi connectivity index (χ1) is 16.2. The topological polar surface area (TPSA) is 79.5 Å². The molecule has 0 bridgehead atoms. The van der Waals surface area contributed by atoms with Crippen LogP contribution in [-0.4, -0.2) is 11.1 Å². The third-order valence-corrected chi connectivity index (χ3v) is 6.20. The van der Waals surface area contributed by atoms with Crippen LogP contribution in [0.1, 0.15) is 65.3 Å². The van der Waals surface area contributed by atoms with Gasteiger partial charge in [0, 0.05) is 22.4 Å². The molecule has 1 atom stereocenters. The van der Waals surface area contributed by atoms with E-state index in [2.05, 4.69) is 31.3 Å². The predicted octanol–water partition coefficient (Wildman–Crippen LogP) is 7.07. The molecule has 5 heteroatoms. The van der Waals surface area contributed by atoms with E-state index in [-0.39, 0.29) is 17.0 Å². The molecular formula is C29H29NO4. The van der Waals surface area contributed by atoms with Crippen molar-refractivity contribution in [1.29, 1.82) is 0 Å². The lowest BCUT2D eigenvalue weighted by atomic mass is 9.96. The van der Waals surface area contributed by atoms with Crippen LogP contribution in [0.5, 0.6) is 0 Å². The lowest BCUT2D eigenvalue weighted by Crippen LogP contribution is -2.14. The molecule has 0 spiro atoms. The van der Waals surface area contributed by atoms with E-state index in [1.54, 1.807) is 31.2 Å². The van der Waals surface area contributed by atoms with Gasteiger partial charge in [0.2, 0.25) is 0 Å². The number of benzene rings is 3. The zero-order valence-electron chi connectivity index (χ0n) is 20.1. The summed E-state index contributed by atoms with van der Waals surface area (Å²) in [6.07, 6.45) is 0. The summed E-state index contributed by atoms with van der Waals surface area (Å²) >= 11 is 0. The summed E-state index contributed by atoms with van der Waals surface area (Å²) in [7, 11) is 0. The van der Waals surface area contributed by atoms with E-state index in [1.807, 2.05) is 38.1 Å². The summed E-state index contributed by atoms with van der Waals surface area (Å²) < 4.78 is 6.46. The monoisotopic (exact) mass is 455 g/mol. The molecule has 0 amide bonds. The number of carbonyl (C=O) groups is 1. The Labute approximate surface area is 199 Å². The van der Waals surface area contributed by atoms with Gasteiger partial charge in [0.15, 0.2) is 5.43 Å². The number of anilines is 1. The minimum Gasteiger partial charge on any atom is -0.478 e. The van der Waals surface area contributed by atoms with Crippen LogP contribution in [0.4, 0.5) is 5.69 Å². The minimum atomic E-state index is -1.00. The molecule has 4 aromatic rings. The number of rotatable bonds is 6. The number of aryl methyl sites for hydroxylation is 1. The van der Waals surface area contributed by atoms with Crippen molar-refractivity contribution >= 4 is 22.6 Å². The van der Waals surface area contributed by atoms with Gasteiger partial charge in [0.1, 0.15) is 11.3 Å². The first kappa shape index (κ1) is 23.3. The molecule has 0 fully saturated rings. The summed E-state index contributed by atoms with van der Waals surface area (Å²) in [5, 5.41) is 13.4. The van der Waals surface area contributed by atoms with Gasteiger partial charge in [0.25, 0.3) is 0 Å². The normalized spacial score (nSPS) is 12.2. The summed E-state index contributed by atoms with van der Waals surface area (Å²) in [5.74, 6) is -0.0914. The fourth-order valence-electron chi connectivity index (χ4n) is 4.31. The minimum absolute atomic E-state index is 0.0608. The van der Waals surface area contributed by atoms with Crippen LogP contribution in [0.15, 0.2) is 69.9 Å². The summed E-state index contributed by atoms with van der Waals surface area (Å²) in [6.45, 7) is 9.94. The molecular weight excluding hydrogens is 426 g/mol. The number of hydrogen-bond acceptors (Lipinski definition) is 4. The van der Waals surface area contributed by atoms with Gasteiger partial charge in [-0.25, -0.2) is 4.79 Å². The van der Waals surface area contributed by atoms with E-state index < -0.39 is 5.97 Å². The van der Waals surface area contributed by atoms with Gasteiger partial charge in [-0.05, 0) is 62.1 Å². The third kappa shape index (κ3) is 4.34. The van der Waals surface area contributed by atoms with Crippen LogP contribution >= 0.6 is 0 Å². The summed E-state index contributed by atoms with van der Waals surface area (Å²) in [5.41, 5.74) is 5.49. The van der Waals surface area contributed by atoms with Crippen molar-refractivity contribution < 1.29 is 14.3 Å². The molecule has 0 saturated heterocycles. The number of carboxylic acid groups (broad SMARTS) is 1. The maximum Gasteiger partial charge on any atom is 0.337 e. The molecule has 0 radical (unpaired) electrons. The van der Waals surface area contributed by atoms with Crippen molar-refractivity contribution in [3.05, 3.63) is 98.7 Å². The molecule has 0 aliphatic heterocycles. The molecule has 1 aromatic heterocycles. The van der Waals surface area contributed by atoms with E-state index in [0.29, 0.717) is 33.9 Å². The Balaban J connectivity index is 1.89. The van der Waals surface area contributed by atoms with Crippen molar-refractivity contribution in [1.82, 2.24) is 0 Å². The van der Waals surface area contributed by atoms with Gasteiger partial charge in [0.05, 0.1) is 17.0 Å². The van der Waals surface area contributed by atoms with Gasteiger partial charge in [-0.1, -0.05) is 50.2 Å². The van der Waals surface area contributed by atoms with Gasteiger partial charge >= 0.3 is 5.97 Å². The molecule has 0 saturated carbocycles. The van der Waals surface area contributed by atoms with Crippen molar-refractivity contribution in [2.24, 2.45) is 0 Å². The highest BCUT2D eigenvalue weighted by Crippen LogP contribution is 2.33. The zero-order valence-corrected chi connectivity index (χ0v) is 20.1. The molecule has 174 valence electrons. The smallest absolute Gasteiger partial charge is 0.337 e. The maximum absolute atomic E-state index is 13.4. The third-order valence-electron chi connectivity index (χ3n) is 6.20. The van der Waals surface area contributed by atoms with Crippen LogP contribution in [0.2, 0.25) is 0 Å². The fourth-order valence-corrected chi connectivity index (χ4v) is 4.31. The van der Waals surface area contributed by atoms with E-state index >= 15 is 0 Å². The Bertz CT molecular complexity index is 1450. The Morgan fingerprint density at radius 1 is 0.971 bits per heavy atom. The van der Waals surface area contributed by atoms with Gasteiger partial charge in [-0.3, -0.25) is 4.79 Å². The molecule has 34 heavy (non-hydrogen) atoms. The number of aromatic carboxylic acids is 1. The second kappa shape index (κ2) is 9.18. The lowest BCUT2D eigenvalue weighted by molar-refractivity contribution is 0.0698. The van der Waals surface area contributed by atoms with Crippen LogP contribution < -0.4 is 10.7 Å². The first-order valence-corrected chi connectivity index (χ1v) is 11.4. The molecule has 5 nitrogen and oxygen atoms in total. The molecule has 3 aromatic carbocycles. The van der Waals surface area contributed by atoms with Crippen LogP contribution in [0, 0.1) is 13.8 Å². The Hall–Kier alpha value is -3.86. The SMILES string of the molecule is Cc1cc(C(C)Nc2ccccc2C(=O)O)c2oc(-c3cccc(C(C)C)c3)c(C)c(=O)c2c1. The average molecular weight is 456 g/mol. The molecule has 4 rings (SSSR count). The number of carboxylic acids is 1. The quantitative estimate of drug-likeness (QED) is 0.325. The first-order valence-electron chi connectivity index (χ1n) is 11.4. The second-order valence-corrected chi connectivity index (χ2v) is 9.11. The number of para-hydroxylation sites is 1. The largest absolute Gasteiger partial charge is 0.478 e. The van der Waals surface area contributed by atoms with E-state index in [1.165, 1.54) is 5.56 Å². The fraction of sp³-hybridized carbons (Fsp3) is 0.241. The van der Waals surface area contributed by atoms with Gasteiger partial charge in [-0.15, -0.1) is 0 Å². The highest BCUT2D eigenvalue weighted by atomic mass is 16.4. The molecule has 0 aliphatic rings. The molecule has 1 heterocycles. The summed E-state index contributed by atoms with van der Waals surface area (Å²) in [4.78, 5) is 25.1. The Kier molecular flexibility index (Phi) is 6.29. The molecule has 2 N–H and O–H groups in total. The van der Waals surface area contributed by atoms with Crippen molar-refractivity contribution in [3.63, 3.8) is 0 Å². The average Bonchev–Trinajstić information content (AvgIpc) is 2.81. The van der Waals surface area contributed by atoms with E-state index in [0.717, 1.165) is 16.7 Å². The summed E-state index contributed by atoms with van der Waals surface area (Å²) in [6, 6.07) is 18.4. The van der Waals surface area contributed by atoms with Crippen LogP contribution in [0.25, 0.3) is 22.3 Å². The highest BCUT2D eigenvalue weighted by molar-refractivity contribution is 5.94. The van der Waals surface area contributed by atoms with E-state index in [4.69, 9.17) is 4.42 Å². The van der Waals surface area contributed by atoms with Gasteiger partial charge < -0.3 is 14.8 Å². The Morgan fingerprint density at radius 3 is 2.41 bits per heavy atom. The number of hydrogen-bond donors (Lipinski definition) is 2. The standard InChI is InChI=1S/C29H29NO4/c1-16(2)20-9-8-10-21(15-20)27-18(4)26(31)24-14-17(3)13-23(28(24)34-27)19(5)30-25-12-7-6-11-22(25)29(32)33/h6-16,19,30H,1-5H3,(H,32,33). The van der Waals surface area contributed by atoms with Crippen molar-refractivity contribution in [2.75, 3.05) is 5.32 Å². The van der Waals surface area contributed by atoms with E-state index in [9.17, 15) is 14.7 Å². The second-order valence-electron chi connectivity index (χ2n) is 9.11. The molecule has 0 aliphatic carbocycles. The number of nitrogens with one attached hydrogen (secondary N) is 1. The highest BCUT2D eigenvalue weighted by Gasteiger charge is 2.20. The zero-order chi connectivity index (χ0) is 24.6.